The van der Waals surface area contributed by atoms with Gasteiger partial charge in [0.05, 0.1) is 13.2 Å². The number of aryl methyl sites for hydroxylation is 1. The predicted octanol–water partition coefficient (Wildman–Crippen LogP) is 1.95. The molecule has 0 bridgehead atoms. The molecule has 3 heterocycles. The molecule has 8 nitrogen and oxygen atoms in total. The van der Waals surface area contributed by atoms with Crippen LogP contribution in [0.2, 0.25) is 0 Å². The average Bonchev–Trinajstić information content (AvgIpc) is 3.27. The molecule has 2 amide bonds. The van der Waals surface area contributed by atoms with Crippen molar-refractivity contribution >= 4 is 6.03 Å². The number of carbonyl (C=O) groups excluding carboxylic acids is 1. The van der Waals surface area contributed by atoms with Crippen LogP contribution in [0.3, 0.4) is 0 Å². The Morgan fingerprint density at radius 1 is 1.16 bits per heavy atom. The highest BCUT2D eigenvalue weighted by atomic mass is 16.7. The van der Waals surface area contributed by atoms with Gasteiger partial charge in [0.15, 0.2) is 11.6 Å². The fourth-order valence-electron chi connectivity index (χ4n) is 4.06. The van der Waals surface area contributed by atoms with Crippen molar-refractivity contribution in [2.75, 3.05) is 26.3 Å². The van der Waals surface area contributed by atoms with E-state index in [0.29, 0.717) is 24.9 Å². The number of nitrogens with zero attached hydrogens (tertiary/aromatic N) is 3. The Balaban J connectivity index is 1.23. The van der Waals surface area contributed by atoms with E-state index in [9.17, 15) is 4.79 Å². The Bertz CT molecular complexity index is 596. The smallest absolute Gasteiger partial charge is 0.317 e. The lowest BCUT2D eigenvalue weighted by molar-refractivity contribution is -0.179. The third-order valence-corrected chi connectivity index (χ3v) is 5.56. The maximum Gasteiger partial charge on any atom is 0.317 e. The summed E-state index contributed by atoms with van der Waals surface area (Å²) in [4.78, 5) is 18.7. The van der Waals surface area contributed by atoms with E-state index in [1.807, 2.05) is 11.8 Å². The number of carbonyl (C=O) groups is 1. The van der Waals surface area contributed by atoms with E-state index in [1.54, 1.807) is 0 Å². The Morgan fingerprint density at radius 2 is 1.84 bits per heavy atom. The van der Waals surface area contributed by atoms with Crippen molar-refractivity contribution in [3.63, 3.8) is 0 Å². The first-order chi connectivity index (χ1) is 12.1. The molecule has 2 saturated heterocycles. The molecule has 0 unspecified atom stereocenters. The zero-order valence-corrected chi connectivity index (χ0v) is 14.7. The van der Waals surface area contributed by atoms with E-state index in [4.69, 9.17) is 14.0 Å². The van der Waals surface area contributed by atoms with E-state index >= 15 is 0 Å². The van der Waals surface area contributed by atoms with Gasteiger partial charge in [-0.25, -0.2) is 4.79 Å². The standard InChI is InChI=1S/C17H26N4O4/c1-12-18-15(25-20-12)13-4-8-21(9-5-13)16(22)19-14-2-6-17(7-3-14)23-10-11-24-17/h13-14H,2-11H2,1H3,(H,19,22). The molecule has 0 atom stereocenters. The molecule has 1 aliphatic carbocycles. The van der Waals surface area contributed by atoms with Gasteiger partial charge in [0, 0.05) is 37.9 Å². The molecular formula is C17H26N4O4. The van der Waals surface area contributed by atoms with Crippen molar-refractivity contribution in [1.29, 1.82) is 0 Å². The number of hydrogen-bond acceptors (Lipinski definition) is 6. The quantitative estimate of drug-likeness (QED) is 0.877. The number of ether oxygens (including phenoxy) is 2. The zero-order chi connectivity index (χ0) is 17.3. The SMILES string of the molecule is Cc1noc(C2CCN(C(=O)NC3CCC4(CC3)OCCO4)CC2)n1. The van der Waals surface area contributed by atoms with Crippen molar-refractivity contribution in [2.45, 2.75) is 63.2 Å². The summed E-state index contributed by atoms with van der Waals surface area (Å²) < 4.78 is 16.7. The predicted molar refractivity (Wildman–Crippen MR) is 88.0 cm³/mol. The van der Waals surface area contributed by atoms with Gasteiger partial charge in [-0.15, -0.1) is 0 Å². The van der Waals surface area contributed by atoms with Crippen LogP contribution in [-0.4, -0.2) is 59.2 Å². The van der Waals surface area contributed by atoms with E-state index in [1.165, 1.54) is 0 Å². The minimum Gasteiger partial charge on any atom is -0.348 e. The molecule has 2 aliphatic heterocycles. The van der Waals surface area contributed by atoms with Gasteiger partial charge in [0.25, 0.3) is 0 Å². The maximum atomic E-state index is 12.5. The second-order valence-electron chi connectivity index (χ2n) is 7.27. The highest BCUT2D eigenvalue weighted by Crippen LogP contribution is 2.35. The van der Waals surface area contributed by atoms with Gasteiger partial charge < -0.3 is 24.2 Å². The van der Waals surface area contributed by atoms with Crippen LogP contribution in [0.5, 0.6) is 0 Å². The Labute approximate surface area is 147 Å². The van der Waals surface area contributed by atoms with Crippen molar-refractivity contribution < 1.29 is 18.8 Å². The number of nitrogens with one attached hydrogen (secondary N) is 1. The summed E-state index contributed by atoms with van der Waals surface area (Å²) in [5, 5.41) is 7.03. The normalized spacial score (nSPS) is 24.8. The second-order valence-corrected chi connectivity index (χ2v) is 7.27. The van der Waals surface area contributed by atoms with Crippen molar-refractivity contribution in [3.05, 3.63) is 11.7 Å². The van der Waals surface area contributed by atoms with Crippen LogP contribution in [-0.2, 0) is 9.47 Å². The molecule has 0 aromatic carbocycles. The highest BCUT2D eigenvalue weighted by Gasteiger charge is 2.41. The van der Waals surface area contributed by atoms with Crippen LogP contribution in [0.1, 0.15) is 56.2 Å². The zero-order valence-electron chi connectivity index (χ0n) is 14.7. The maximum absolute atomic E-state index is 12.5. The summed E-state index contributed by atoms with van der Waals surface area (Å²) >= 11 is 0. The number of piperidine rings is 1. The first kappa shape index (κ1) is 16.8. The Hall–Kier alpha value is -1.67. The lowest BCUT2D eigenvalue weighted by Crippen LogP contribution is -2.50. The summed E-state index contributed by atoms with van der Waals surface area (Å²) in [6, 6.07) is 0.247. The van der Waals surface area contributed by atoms with Gasteiger partial charge in [0.1, 0.15) is 0 Å². The fraction of sp³-hybridized carbons (Fsp3) is 0.824. The number of hydrogen-bond donors (Lipinski definition) is 1. The largest absolute Gasteiger partial charge is 0.348 e. The van der Waals surface area contributed by atoms with Crippen LogP contribution in [0.25, 0.3) is 0 Å². The van der Waals surface area contributed by atoms with Gasteiger partial charge in [-0.2, -0.15) is 4.98 Å². The molecular weight excluding hydrogens is 324 g/mol. The van der Waals surface area contributed by atoms with Gasteiger partial charge in [-0.05, 0) is 32.6 Å². The average molecular weight is 350 g/mol. The molecule has 1 aromatic rings. The minimum absolute atomic E-state index is 0.0365. The van der Waals surface area contributed by atoms with Gasteiger partial charge >= 0.3 is 6.03 Å². The van der Waals surface area contributed by atoms with E-state index < -0.39 is 0 Å². The first-order valence-corrected chi connectivity index (χ1v) is 9.27. The summed E-state index contributed by atoms with van der Waals surface area (Å²) in [5.74, 6) is 1.26. The molecule has 4 rings (SSSR count). The lowest BCUT2D eigenvalue weighted by atomic mass is 9.90. The van der Waals surface area contributed by atoms with E-state index in [2.05, 4.69) is 15.5 Å². The first-order valence-electron chi connectivity index (χ1n) is 9.27. The van der Waals surface area contributed by atoms with Crippen molar-refractivity contribution in [1.82, 2.24) is 20.4 Å². The minimum atomic E-state index is -0.373. The van der Waals surface area contributed by atoms with Crippen LogP contribution in [0, 0.1) is 6.92 Å². The number of amides is 2. The van der Waals surface area contributed by atoms with Crippen LogP contribution < -0.4 is 5.32 Å². The highest BCUT2D eigenvalue weighted by molar-refractivity contribution is 5.74. The third kappa shape index (κ3) is 3.64. The van der Waals surface area contributed by atoms with Crippen LogP contribution in [0.15, 0.2) is 4.52 Å². The summed E-state index contributed by atoms with van der Waals surface area (Å²) in [6.45, 7) is 4.64. The topological polar surface area (TPSA) is 89.7 Å². The van der Waals surface area contributed by atoms with Crippen molar-refractivity contribution in [2.24, 2.45) is 0 Å². The number of aromatic nitrogens is 2. The van der Waals surface area contributed by atoms with Gasteiger partial charge in [-0.1, -0.05) is 5.16 Å². The van der Waals surface area contributed by atoms with Crippen molar-refractivity contribution in [3.8, 4) is 0 Å². The fourth-order valence-corrected chi connectivity index (χ4v) is 4.06. The third-order valence-electron chi connectivity index (χ3n) is 5.56. The van der Waals surface area contributed by atoms with Crippen LogP contribution in [0.4, 0.5) is 4.79 Å². The number of likely N-dealkylation sites (tertiary alicyclic amines) is 1. The second kappa shape index (κ2) is 6.92. The molecule has 3 aliphatic rings. The molecule has 8 heteroatoms. The molecule has 1 N–H and O–H groups in total. The Morgan fingerprint density at radius 3 is 2.44 bits per heavy atom. The van der Waals surface area contributed by atoms with E-state index in [0.717, 1.165) is 51.6 Å². The lowest BCUT2D eigenvalue weighted by Gasteiger charge is -2.37. The molecule has 0 radical (unpaired) electrons. The molecule has 1 saturated carbocycles. The molecule has 1 spiro atoms. The number of rotatable bonds is 2. The summed E-state index contributed by atoms with van der Waals surface area (Å²) in [5.41, 5.74) is 0. The molecule has 1 aromatic heterocycles. The van der Waals surface area contributed by atoms with Gasteiger partial charge in [0.2, 0.25) is 5.89 Å². The van der Waals surface area contributed by atoms with E-state index in [-0.39, 0.29) is 23.8 Å². The number of urea groups is 1. The molecule has 138 valence electrons. The molecule has 3 fully saturated rings. The Kier molecular flexibility index (Phi) is 4.64. The van der Waals surface area contributed by atoms with Crippen LogP contribution >= 0.6 is 0 Å². The van der Waals surface area contributed by atoms with Gasteiger partial charge in [-0.3, -0.25) is 0 Å². The summed E-state index contributed by atoms with van der Waals surface area (Å²) in [6.07, 6.45) is 5.26. The molecule has 25 heavy (non-hydrogen) atoms. The summed E-state index contributed by atoms with van der Waals surface area (Å²) in [7, 11) is 0. The monoisotopic (exact) mass is 350 g/mol.